The molecule has 0 bridgehead atoms. The van der Waals surface area contributed by atoms with E-state index in [2.05, 4.69) is 48.2 Å². The molecule has 4 aliphatic rings. The molecule has 4 heterocycles. The first-order valence-electron chi connectivity index (χ1n) is 21.0. The maximum absolute atomic E-state index is 13.8. The van der Waals surface area contributed by atoms with Gasteiger partial charge in [-0.25, -0.2) is 19.6 Å². The Hall–Kier alpha value is -6.56. The molecule has 3 aromatic carbocycles. The van der Waals surface area contributed by atoms with E-state index < -0.39 is 23.9 Å². The van der Waals surface area contributed by atoms with Crippen molar-refractivity contribution in [3.63, 3.8) is 0 Å². The van der Waals surface area contributed by atoms with Crippen LogP contribution in [0, 0.1) is 35.5 Å². The fourth-order valence-electron chi connectivity index (χ4n) is 9.39. The van der Waals surface area contributed by atoms with Crippen LogP contribution in [0.4, 0.5) is 9.59 Å². The molecule has 61 heavy (non-hydrogen) atoms. The van der Waals surface area contributed by atoms with Gasteiger partial charge in [0.25, 0.3) is 0 Å². The number of likely N-dealkylation sites (tertiary alicyclic amines) is 2. The Kier molecular flexibility index (Phi) is 10.1. The quantitative estimate of drug-likeness (QED) is 0.0992. The Morgan fingerprint density at radius 2 is 1.69 bits per heavy atom. The molecule has 3 N–H and O–H groups in total. The largest absolute Gasteiger partial charge is 0.453 e. The molecule has 15 nitrogen and oxygen atoms in total. The van der Waals surface area contributed by atoms with Crippen molar-refractivity contribution >= 4 is 45.8 Å². The summed E-state index contributed by atoms with van der Waals surface area (Å²) in [6.45, 7) is 7.84. The number of alkyl carbamates (subject to hydrolysis) is 1. The van der Waals surface area contributed by atoms with Crippen molar-refractivity contribution in [3.8, 4) is 23.1 Å². The molecule has 9 rings (SSSR count). The molecule has 4 amide bonds. The van der Waals surface area contributed by atoms with Gasteiger partial charge in [0.15, 0.2) is 5.66 Å². The first-order valence-corrected chi connectivity index (χ1v) is 21.0. The van der Waals surface area contributed by atoms with Crippen LogP contribution >= 0.6 is 0 Å². The van der Waals surface area contributed by atoms with Crippen LogP contribution < -0.4 is 5.32 Å². The lowest BCUT2D eigenvalue weighted by Gasteiger charge is -2.31. The van der Waals surface area contributed by atoms with Gasteiger partial charge in [-0.3, -0.25) is 9.59 Å². The lowest BCUT2D eigenvalue weighted by atomic mass is 10.0. The summed E-state index contributed by atoms with van der Waals surface area (Å²) in [7, 11) is 2.55. The van der Waals surface area contributed by atoms with Gasteiger partial charge in [0.2, 0.25) is 11.8 Å². The van der Waals surface area contributed by atoms with Crippen LogP contribution in [0.2, 0.25) is 0 Å². The van der Waals surface area contributed by atoms with Gasteiger partial charge in [-0.05, 0) is 78.3 Å². The SMILES string of the molecule is COC(=O)N=N[C@@]12CC1C[C@@H](c1nc3c(ccc4cc(C#Cc5ccc(-c6cnc([C@@H]7C[C@H]8C[C@H]8N7C(=O)[C@@H](NC(=O)OC)C(C)C)[nH]6)cc5)ccc43)[nH]1)N2C(=O)CC(C)C. The molecule has 0 radical (unpaired) electrons. The average Bonchev–Trinajstić information content (AvgIpc) is 3.80. The second kappa shape index (κ2) is 15.5. The van der Waals surface area contributed by atoms with Crippen molar-refractivity contribution in [2.75, 3.05) is 14.2 Å². The lowest BCUT2D eigenvalue weighted by molar-refractivity contribution is -0.137. The van der Waals surface area contributed by atoms with Gasteiger partial charge < -0.3 is 34.6 Å². The zero-order valence-electron chi connectivity index (χ0n) is 35.1. The summed E-state index contributed by atoms with van der Waals surface area (Å²) in [5.74, 6) is 8.46. The minimum Gasteiger partial charge on any atom is -0.453 e. The van der Waals surface area contributed by atoms with Gasteiger partial charge in [-0.1, -0.05) is 68.9 Å². The molecule has 0 spiro atoms. The summed E-state index contributed by atoms with van der Waals surface area (Å²) in [5.41, 5.74) is 4.34. The molecule has 314 valence electrons. The number of imidazole rings is 2. The summed E-state index contributed by atoms with van der Waals surface area (Å²) in [5, 5.41) is 12.8. The Bertz CT molecular complexity index is 2660. The first-order chi connectivity index (χ1) is 29.4. The van der Waals surface area contributed by atoms with Crippen molar-refractivity contribution in [2.45, 2.75) is 89.6 Å². The molecule has 2 aliphatic carbocycles. The molecule has 2 aliphatic heterocycles. The number of ether oxygens (including phenoxy) is 2. The van der Waals surface area contributed by atoms with E-state index in [4.69, 9.17) is 14.7 Å². The molecule has 2 saturated heterocycles. The number of azo groups is 1. The number of nitrogens with one attached hydrogen (secondary N) is 3. The minimum atomic E-state index is -0.853. The molecule has 4 fully saturated rings. The molecule has 5 aromatic rings. The van der Waals surface area contributed by atoms with Crippen molar-refractivity contribution in [2.24, 2.45) is 33.9 Å². The van der Waals surface area contributed by atoms with Crippen LogP contribution in [0.25, 0.3) is 33.1 Å². The lowest BCUT2D eigenvalue weighted by Crippen LogP contribution is -2.52. The van der Waals surface area contributed by atoms with Gasteiger partial charge in [-0.15, -0.1) is 0 Å². The standard InChI is InChI=1S/C46H49N9O6/c1-24(2)17-38(56)55-37(21-31-22-46(31,55)53-52-45(59)61-6)42-48-33-16-14-29-18-27(11-15-32(29)40(33)50-42)8-7-26-9-12-28(13-10-26)34-23-47-41(49-34)36-20-30-19-35(30)54(36)43(57)39(25(3)4)51-44(58)60-5/h9-16,18,23-25,30-31,35-37,39H,17,19-22H2,1-6H3,(H,47,49)(H,48,50)(H,51,58)/t30-,31?,35-,36+,37+,39+,46-/m1/s1. The van der Waals surface area contributed by atoms with Crippen molar-refractivity contribution < 1.29 is 28.7 Å². The molecular weight excluding hydrogens is 775 g/mol. The molecule has 2 saturated carbocycles. The van der Waals surface area contributed by atoms with Crippen LogP contribution in [0.1, 0.15) is 94.7 Å². The van der Waals surface area contributed by atoms with Crippen molar-refractivity contribution in [1.82, 2.24) is 35.1 Å². The van der Waals surface area contributed by atoms with Crippen LogP contribution in [-0.2, 0) is 19.1 Å². The summed E-state index contributed by atoms with van der Waals surface area (Å²) in [4.78, 5) is 71.8. The van der Waals surface area contributed by atoms with Crippen molar-refractivity contribution in [1.29, 1.82) is 0 Å². The Balaban J connectivity index is 0.902. The number of rotatable bonds is 9. The number of aromatic nitrogens is 4. The summed E-state index contributed by atoms with van der Waals surface area (Å²) < 4.78 is 9.48. The maximum atomic E-state index is 13.8. The van der Waals surface area contributed by atoms with Crippen LogP contribution in [0.3, 0.4) is 0 Å². The number of carbonyl (C=O) groups excluding carboxylic acids is 4. The van der Waals surface area contributed by atoms with E-state index in [-0.39, 0.29) is 47.7 Å². The van der Waals surface area contributed by atoms with Crippen LogP contribution in [0.5, 0.6) is 0 Å². The summed E-state index contributed by atoms with van der Waals surface area (Å²) >= 11 is 0. The number of benzene rings is 3. The second-order valence-corrected chi connectivity index (χ2v) is 17.5. The Morgan fingerprint density at radius 3 is 2.43 bits per heavy atom. The zero-order valence-corrected chi connectivity index (χ0v) is 35.1. The van der Waals surface area contributed by atoms with Gasteiger partial charge in [0.05, 0.1) is 49.2 Å². The highest BCUT2D eigenvalue weighted by Gasteiger charge is 2.69. The van der Waals surface area contributed by atoms with Crippen LogP contribution in [-0.4, -0.2) is 85.7 Å². The van der Waals surface area contributed by atoms with E-state index in [1.54, 1.807) is 11.1 Å². The van der Waals surface area contributed by atoms with Crippen LogP contribution in [0.15, 0.2) is 71.0 Å². The molecule has 7 atom stereocenters. The monoisotopic (exact) mass is 823 g/mol. The number of hydrogen-bond acceptors (Lipinski definition) is 9. The number of methoxy groups -OCH3 is 2. The third kappa shape index (κ3) is 7.38. The topological polar surface area (TPSA) is 187 Å². The Labute approximate surface area is 353 Å². The second-order valence-electron chi connectivity index (χ2n) is 17.5. The zero-order chi connectivity index (χ0) is 42.7. The molecular formula is C46H49N9O6. The third-order valence-electron chi connectivity index (χ3n) is 12.6. The predicted molar refractivity (Wildman–Crippen MR) is 226 cm³/mol. The van der Waals surface area contributed by atoms with E-state index in [1.807, 2.05) is 81.1 Å². The minimum absolute atomic E-state index is 0.0348. The maximum Gasteiger partial charge on any atom is 0.451 e. The van der Waals surface area contributed by atoms with Gasteiger partial charge in [0.1, 0.15) is 17.7 Å². The number of fused-ring (bicyclic) bond motifs is 5. The Morgan fingerprint density at radius 1 is 0.918 bits per heavy atom. The van der Waals surface area contributed by atoms with E-state index >= 15 is 0 Å². The smallest absolute Gasteiger partial charge is 0.451 e. The number of amides is 4. The van der Waals surface area contributed by atoms with Gasteiger partial charge in [0, 0.05) is 41.3 Å². The van der Waals surface area contributed by atoms with E-state index in [9.17, 15) is 19.2 Å². The highest BCUT2D eigenvalue weighted by atomic mass is 16.5. The fourth-order valence-corrected chi connectivity index (χ4v) is 9.39. The molecule has 2 aromatic heterocycles. The highest BCUT2D eigenvalue weighted by Crippen LogP contribution is 2.63. The number of H-pyrrole nitrogens is 2. The van der Waals surface area contributed by atoms with E-state index in [0.717, 1.165) is 62.9 Å². The van der Waals surface area contributed by atoms with E-state index in [1.165, 1.54) is 14.2 Å². The normalized spacial score (nSPS) is 24.2. The average molecular weight is 824 g/mol. The molecule has 15 heteroatoms. The van der Waals surface area contributed by atoms with Gasteiger partial charge in [-0.2, -0.15) is 5.11 Å². The predicted octanol–water partition coefficient (Wildman–Crippen LogP) is 7.80. The first kappa shape index (κ1) is 39.9. The highest BCUT2D eigenvalue weighted by molar-refractivity contribution is 6.04. The van der Waals surface area contributed by atoms with Gasteiger partial charge >= 0.3 is 12.2 Å². The number of hydrogen-bond donors (Lipinski definition) is 3. The summed E-state index contributed by atoms with van der Waals surface area (Å²) in [6, 6.07) is 17.1. The molecule has 1 unspecified atom stereocenters. The third-order valence-corrected chi connectivity index (χ3v) is 12.6. The van der Waals surface area contributed by atoms with E-state index in [0.29, 0.717) is 31.0 Å². The number of aromatic amines is 2. The number of carbonyl (C=O) groups is 4. The number of nitrogens with zero attached hydrogens (tertiary/aromatic N) is 6. The van der Waals surface area contributed by atoms with Crippen molar-refractivity contribution in [3.05, 3.63) is 83.6 Å². The fraction of sp³-hybridized carbons (Fsp3) is 0.435. The number of piperidine rings is 2. The summed E-state index contributed by atoms with van der Waals surface area (Å²) in [6.07, 6.45) is 3.88.